The van der Waals surface area contributed by atoms with Crippen molar-refractivity contribution in [3.63, 3.8) is 0 Å². The zero-order valence-electron chi connectivity index (χ0n) is 11.0. The predicted octanol–water partition coefficient (Wildman–Crippen LogP) is 2.05. The van der Waals surface area contributed by atoms with Crippen LogP contribution < -0.4 is 5.32 Å². The molecule has 1 heterocycles. The zero-order chi connectivity index (χ0) is 13.2. The summed E-state index contributed by atoms with van der Waals surface area (Å²) in [6.45, 7) is 0.178. The highest BCUT2D eigenvalue weighted by Gasteiger charge is 2.46. The third-order valence-corrected chi connectivity index (χ3v) is 4.51. The first-order chi connectivity index (χ1) is 9.29. The normalized spacial score (nSPS) is 33.9. The molecule has 4 unspecified atom stereocenters. The van der Waals surface area contributed by atoms with Crippen LogP contribution in [-0.4, -0.2) is 23.7 Å². The van der Waals surface area contributed by atoms with Crippen LogP contribution >= 0.6 is 0 Å². The van der Waals surface area contributed by atoms with Gasteiger partial charge in [-0.2, -0.15) is 0 Å². The molecular formula is C15H21NO3. The van der Waals surface area contributed by atoms with Gasteiger partial charge >= 0.3 is 0 Å². The van der Waals surface area contributed by atoms with Crippen LogP contribution in [0.15, 0.2) is 22.8 Å². The maximum Gasteiger partial charge on any atom is 0.224 e. The molecule has 0 aromatic carbocycles. The van der Waals surface area contributed by atoms with Crippen LogP contribution in [0.4, 0.5) is 0 Å². The maximum atomic E-state index is 12.2. The molecule has 0 bridgehead atoms. The summed E-state index contributed by atoms with van der Waals surface area (Å²) >= 11 is 0. The van der Waals surface area contributed by atoms with E-state index in [2.05, 4.69) is 5.32 Å². The lowest BCUT2D eigenvalue weighted by Crippen LogP contribution is -2.44. The van der Waals surface area contributed by atoms with E-state index in [4.69, 9.17) is 4.42 Å². The van der Waals surface area contributed by atoms with Crippen molar-refractivity contribution in [1.29, 1.82) is 0 Å². The van der Waals surface area contributed by atoms with Gasteiger partial charge in [0.25, 0.3) is 0 Å². The highest BCUT2D eigenvalue weighted by Crippen LogP contribution is 2.47. The van der Waals surface area contributed by atoms with Crippen molar-refractivity contribution in [2.75, 3.05) is 6.61 Å². The number of rotatable bonds is 4. The predicted molar refractivity (Wildman–Crippen MR) is 70.5 cm³/mol. The maximum absolute atomic E-state index is 12.2. The van der Waals surface area contributed by atoms with Gasteiger partial charge in [-0.3, -0.25) is 4.79 Å². The molecule has 4 nitrogen and oxygen atoms in total. The van der Waals surface area contributed by atoms with Crippen molar-refractivity contribution in [1.82, 2.24) is 5.32 Å². The Hall–Kier alpha value is -1.29. The average molecular weight is 263 g/mol. The smallest absolute Gasteiger partial charge is 0.224 e. The van der Waals surface area contributed by atoms with Gasteiger partial charge in [-0.25, -0.2) is 0 Å². The Labute approximate surface area is 113 Å². The molecule has 1 aromatic heterocycles. The Morgan fingerprint density at radius 3 is 3.00 bits per heavy atom. The molecule has 1 aromatic rings. The Bertz CT molecular complexity index is 429. The van der Waals surface area contributed by atoms with Crippen molar-refractivity contribution >= 4 is 5.91 Å². The standard InChI is InChI=1S/C15H21NO3/c17-9-10-4-1-2-5-13(10)16-15(18)12-8-11(12)14-6-3-7-19-14/h3,6-7,10-13,17H,1-2,4-5,8-9H2,(H,16,18). The van der Waals surface area contributed by atoms with E-state index in [1.165, 1.54) is 0 Å². The minimum absolute atomic E-state index is 0.0624. The first kappa shape index (κ1) is 12.7. The molecule has 19 heavy (non-hydrogen) atoms. The van der Waals surface area contributed by atoms with Crippen LogP contribution in [0, 0.1) is 11.8 Å². The van der Waals surface area contributed by atoms with Gasteiger partial charge in [-0.1, -0.05) is 12.8 Å². The molecule has 104 valence electrons. The molecule has 2 N–H and O–H groups in total. The van der Waals surface area contributed by atoms with Crippen LogP contribution in [0.1, 0.15) is 43.8 Å². The number of furan rings is 1. The molecule has 4 atom stereocenters. The fourth-order valence-corrected chi connectivity index (χ4v) is 3.21. The SMILES string of the molecule is O=C(NC1CCCCC1CO)C1CC1c1ccco1. The zero-order valence-corrected chi connectivity index (χ0v) is 11.0. The Morgan fingerprint density at radius 1 is 1.42 bits per heavy atom. The second-order valence-corrected chi connectivity index (χ2v) is 5.81. The fourth-order valence-electron chi connectivity index (χ4n) is 3.21. The van der Waals surface area contributed by atoms with Crippen molar-refractivity contribution in [3.05, 3.63) is 24.2 Å². The molecule has 2 saturated carbocycles. The number of aliphatic hydroxyl groups is 1. The van der Waals surface area contributed by atoms with E-state index in [0.29, 0.717) is 0 Å². The van der Waals surface area contributed by atoms with Gasteiger partial charge in [0.1, 0.15) is 5.76 Å². The summed E-state index contributed by atoms with van der Waals surface area (Å²) in [6.07, 6.45) is 6.87. The molecule has 2 fully saturated rings. The largest absolute Gasteiger partial charge is 0.469 e. The lowest BCUT2D eigenvalue weighted by atomic mass is 9.85. The summed E-state index contributed by atoms with van der Waals surface area (Å²) in [6, 6.07) is 3.96. The molecule has 0 aliphatic heterocycles. The average Bonchev–Trinajstić information content (AvgIpc) is 3.06. The molecule has 2 aliphatic carbocycles. The van der Waals surface area contributed by atoms with Gasteiger partial charge in [-0.05, 0) is 31.4 Å². The second-order valence-electron chi connectivity index (χ2n) is 5.81. The van der Waals surface area contributed by atoms with E-state index in [1.54, 1.807) is 6.26 Å². The fraction of sp³-hybridized carbons (Fsp3) is 0.667. The van der Waals surface area contributed by atoms with Crippen molar-refractivity contribution in [3.8, 4) is 0 Å². The van der Waals surface area contributed by atoms with E-state index in [1.807, 2.05) is 12.1 Å². The summed E-state index contributed by atoms with van der Waals surface area (Å²) in [5.41, 5.74) is 0. The van der Waals surface area contributed by atoms with Crippen molar-refractivity contribution < 1.29 is 14.3 Å². The van der Waals surface area contributed by atoms with E-state index in [9.17, 15) is 9.90 Å². The Kier molecular flexibility index (Phi) is 3.60. The first-order valence-corrected chi connectivity index (χ1v) is 7.24. The van der Waals surface area contributed by atoms with Crippen LogP contribution in [0.5, 0.6) is 0 Å². The van der Waals surface area contributed by atoms with Gasteiger partial charge in [0.05, 0.1) is 6.26 Å². The van der Waals surface area contributed by atoms with Gasteiger partial charge in [0, 0.05) is 30.4 Å². The number of nitrogens with one attached hydrogen (secondary N) is 1. The number of carbonyl (C=O) groups is 1. The first-order valence-electron chi connectivity index (χ1n) is 7.24. The molecule has 0 radical (unpaired) electrons. The molecule has 1 amide bonds. The lowest BCUT2D eigenvalue weighted by molar-refractivity contribution is -0.123. The van der Waals surface area contributed by atoms with E-state index >= 15 is 0 Å². The van der Waals surface area contributed by atoms with Gasteiger partial charge in [-0.15, -0.1) is 0 Å². The molecule has 0 spiro atoms. The van der Waals surface area contributed by atoms with Crippen molar-refractivity contribution in [2.45, 2.75) is 44.1 Å². The molecule has 0 saturated heterocycles. The van der Waals surface area contributed by atoms with Crippen LogP contribution in [0.2, 0.25) is 0 Å². The summed E-state index contributed by atoms with van der Waals surface area (Å²) < 4.78 is 5.35. The minimum atomic E-state index is 0.0624. The number of amides is 1. The quantitative estimate of drug-likeness (QED) is 0.874. The number of hydrogen-bond acceptors (Lipinski definition) is 3. The Morgan fingerprint density at radius 2 is 2.26 bits per heavy atom. The topological polar surface area (TPSA) is 62.5 Å². The van der Waals surface area contributed by atoms with E-state index in [0.717, 1.165) is 37.9 Å². The third-order valence-electron chi connectivity index (χ3n) is 4.51. The summed E-state index contributed by atoms with van der Waals surface area (Å²) in [5, 5.41) is 12.5. The van der Waals surface area contributed by atoms with E-state index < -0.39 is 0 Å². The summed E-state index contributed by atoms with van der Waals surface area (Å²) in [7, 11) is 0. The number of aliphatic hydroxyl groups excluding tert-OH is 1. The second kappa shape index (κ2) is 5.37. The molecular weight excluding hydrogens is 242 g/mol. The minimum Gasteiger partial charge on any atom is -0.469 e. The van der Waals surface area contributed by atoms with Crippen LogP contribution in [-0.2, 0) is 4.79 Å². The van der Waals surface area contributed by atoms with E-state index in [-0.39, 0.29) is 36.3 Å². The van der Waals surface area contributed by atoms with Crippen LogP contribution in [0.25, 0.3) is 0 Å². The molecule has 2 aliphatic rings. The summed E-state index contributed by atoms with van der Waals surface area (Å²) in [5.74, 6) is 1.60. The molecule has 3 rings (SSSR count). The van der Waals surface area contributed by atoms with Crippen LogP contribution in [0.3, 0.4) is 0 Å². The Balaban J connectivity index is 1.54. The highest BCUT2D eigenvalue weighted by molar-refractivity contribution is 5.83. The molecule has 4 heteroatoms. The highest BCUT2D eigenvalue weighted by atomic mass is 16.3. The van der Waals surface area contributed by atoms with Gasteiger partial charge in [0.15, 0.2) is 0 Å². The van der Waals surface area contributed by atoms with Gasteiger partial charge < -0.3 is 14.8 Å². The van der Waals surface area contributed by atoms with Crippen molar-refractivity contribution in [2.24, 2.45) is 11.8 Å². The number of carbonyl (C=O) groups excluding carboxylic acids is 1. The number of hydrogen-bond donors (Lipinski definition) is 2. The van der Waals surface area contributed by atoms with Gasteiger partial charge in [0.2, 0.25) is 5.91 Å². The summed E-state index contributed by atoms with van der Waals surface area (Å²) in [4.78, 5) is 12.2. The monoisotopic (exact) mass is 263 g/mol. The third kappa shape index (κ3) is 2.68. The lowest BCUT2D eigenvalue weighted by Gasteiger charge is -2.30.